The second-order valence-electron chi connectivity index (χ2n) is 5.05. The topological polar surface area (TPSA) is 24.5 Å². The average Bonchev–Trinajstić information content (AvgIpc) is 2.43. The van der Waals surface area contributed by atoms with E-state index in [4.69, 9.17) is 4.74 Å². The van der Waals surface area contributed by atoms with Crippen LogP contribution in [-0.2, 0) is 4.74 Å². The Balaban J connectivity index is 1.98. The van der Waals surface area contributed by atoms with E-state index < -0.39 is 0 Å². The first-order valence-electron chi connectivity index (χ1n) is 5.97. The van der Waals surface area contributed by atoms with Crippen LogP contribution in [0.15, 0.2) is 12.5 Å². The molecule has 0 radical (unpaired) electrons. The van der Waals surface area contributed by atoms with Crippen molar-refractivity contribution >= 4 is 0 Å². The molecule has 15 heavy (non-hydrogen) atoms. The van der Waals surface area contributed by atoms with Crippen molar-refractivity contribution in [1.82, 2.24) is 10.2 Å². The van der Waals surface area contributed by atoms with E-state index in [1.54, 1.807) is 0 Å². The summed E-state index contributed by atoms with van der Waals surface area (Å²) in [7, 11) is 0. The van der Waals surface area contributed by atoms with Crippen LogP contribution >= 0.6 is 0 Å². The molecule has 2 aliphatic heterocycles. The lowest BCUT2D eigenvalue weighted by atomic mass is 9.95. The lowest BCUT2D eigenvalue weighted by molar-refractivity contribution is 0.0353. The van der Waals surface area contributed by atoms with Crippen LogP contribution in [0.5, 0.6) is 0 Å². The molecule has 1 unspecified atom stereocenters. The van der Waals surface area contributed by atoms with E-state index in [1.165, 1.54) is 13.0 Å². The Kier molecular flexibility index (Phi) is 2.91. The van der Waals surface area contributed by atoms with E-state index in [2.05, 4.69) is 30.6 Å². The van der Waals surface area contributed by atoms with Gasteiger partial charge < -0.3 is 15.0 Å². The maximum atomic E-state index is 5.87. The molecule has 2 rings (SSSR count). The molecular formula is C12H22N2O. The summed E-state index contributed by atoms with van der Waals surface area (Å²) < 4.78 is 5.87. The Morgan fingerprint density at radius 3 is 2.80 bits per heavy atom. The monoisotopic (exact) mass is 210 g/mol. The first kappa shape index (κ1) is 10.8. The zero-order valence-corrected chi connectivity index (χ0v) is 9.88. The lowest BCUT2D eigenvalue weighted by Crippen LogP contribution is -2.36. The van der Waals surface area contributed by atoms with Crippen LogP contribution < -0.4 is 5.32 Å². The molecule has 0 aromatic carbocycles. The van der Waals surface area contributed by atoms with Crippen LogP contribution in [0.3, 0.4) is 0 Å². The van der Waals surface area contributed by atoms with E-state index in [-0.39, 0.29) is 5.60 Å². The maximum Gasteiger partial charge on any atom is 0.180 e. The van der Waals surface area contributed by atoms with E-state index in [9.17, 15) is 0 Å². The molecule has 1 N–H and O–H groups in total. The molecule has 0 aromatic rings. The van der Waals surface area contributed by atoms with Crippen molar-refractivity contribution in [3.8, 4) is 0 Å². The predicted molar refractivity (Wildman–Crippen MR) is 61.5 cm³/mol. The number of rotatable bonds is 1. The smallest absolute Gasteiger partial charge is 0.180 e. The highest BCUT2D eigenvalue weighted by molar-refractivity contribution is 5.00. The minimum absolute atomic E-state index is 0.0424. The number of ether oxygens (including phenoxy) is 1. The minimum atomic E-state index is 0.0424. The number of hydrogen-bond donors (Lipinski definition) is 1. The summed E-state index contributed by atoms with van der Waals surface area (Å²) in [6.07, 6.45) is 3.51. The zero-order chi connectivity index (χ0) is 10.9. The van der Waals surface area contributed by atoms with Gasteiger partial charge in [-0.05, 0) is 39.8 Å². The van der Waals surface area contributed by atoms with Gasteiger partial charge in [0.15, 0.2) is 5.88 Å². The van der Waals surface area contributed by atoms with Crippen molar-refractivity contribution in [2.75, 3.05) is 19.6 Å². The second-order valence-corrected chi connectivity index (χ2v) is 5.05. The van der Waals surface area contributed by atoms with Gasteiger partial charge in [0.2, 0.25) is 0 Å². The predicted octanol–water partition coefficient (Wildman–Crippen LogP) is 1.71. The minimum Gasteiger partial charge on any atom is -0.471 e. The largest absolute Gasteiger partial charge is 0.471 e. The van der Waals surface area contributed by atoms with Gasteiger partial charge in [0.05, 0.1) is 6.54 Å². The van der Waals surface area contributed by atoms with E-state index in [0.29, 0.717) is 6.04 Å². The van der Waals surface area contributed by atoms with Gasteiger partial charge in [-0.15, -0.1) is 0 Å². The van der Waals surface area contributed by atoms with Gasteiger partial charge in [0.1, 0.15) is 5.60 Å². The van der Waals surface area contributed by atoms with Crippen molar-refractivity contribution in [3.05, 3.63) is 12.5 Å². The Bertz CT molecular complexity index is 252. The molecule has 1 spiro atoms. The average molecular weight is 210 g/mol. The Morgan fingerprint density at radius 1 is 1.40 bits per heavy atom. The third-order valence-corrected chi connectivity index (χ3v) is 3.61. The number of likely N-dealkylation sites (tertiary alicyclic amines) is 1. The summed E-state index contributed by atoms with van der Waals surface area (Å²) in [4.78, 5) is 2.54. The van der Waals surface area contributed by atoms with Crippen LogP contribution in [0.4, 0.5) is 0 Å². The maximum absolute atomic E-state index is 5.87. The summed E-state index contributed by atoms with van der Waals surface area (Å²) >= 11 is 0. The molecule has 0 aliphatic carbocycles. The van der Waals surface area contributed by atoms with Crippen LogP contribution in [-0.4, -0.2) is 36.2 Å². The van der Waals surface area contributed by atoms with Gasteiger partial charge in [-0.25, -0.2) is 0 Å². The summed E-state index contributed by atoms with van der Waals surface area (Å²) in [5, 5.41) is 3.22. The highest BCUT2D eigenvalue weighted by atomic mass is 16.5. The molecule has 0 bridgehead atoms. The summed E-state index contributed by atoms with van der Waals surface area (Å²) in [5.41, 5.74) is 0.0424. The van der Waals surface area contributed by atoms with Crippen molar-refractivity contribution in [1.29, 1.82) is 0 Å². The molecule has 0 aromatic heterocycles. The standard InChI is InChI=1S/C12H22N2O/c1-10(2)14-7-4-5-12(6-8-14)9-13-11(3)15-12/h10,13H,3-9H2,1-2H3. The Labute approximate surface area is 92.5 Å². The van der Waals surface area contributed by atoms with Gasteiger partial charge in [0.25, 0.3) is 0 Å². The highest BCUT2D eigenvalue weighted by Gasteiger charge is 2.39. The zero-order valence-electron chi connectivity index (χ0n) is 9.88. The molecule has 2 fully saturated rings. The van der Waals surface area contributed by atoms with Crippen LogP contribution in [0.2, 0.25) is 0 Å². The van der Waals surface area contributed by atoms with E-state index in [0.717, 1.165) is 31.8 Å². The molecule has 1 atom stereocenters. The fraction of sp³-hybridized carbons (Fsp3) is 0.833. The first-order chi connectivity index (χ1) is 7.11. The van der Waals surface area contributed by atoms with Gasteiger partial charge >= 0.3 is 0 Å². The summed E-state index contributed by atoms with van der Waals surface area (Å²) in [5.74, 6) is 0.757. The van der Waals surface area contributed by atoms with Gasteiger partial charge in [-0.2, -0.15) is 0 Å². The SMILES string of the molecule is C=C1NCC2(CCCN(C(C)C)CC2)O1. The molecule has 86 valence electrons. The first-order valence-corrected chi connectivity index (χ1v) is 5.97. The van der Waals surface area contributed by atoms with Crippen molar-refractivity contribution < 1.29 is 4.74 Å². The third kappa shape index (κ3) is 2.28. The molecule has 3 heteroatoms. The molecule has 3 nitrogen and oxygen atoms in total. The molecule has 2 saturated heterocycles. The van der Waals surface area contributed by atoms with Gasteiger partial charge in [0, 0.05) is 19.0 Å². The summed E-state index contributed by atoms with van der Waals surface area (Å²) in [6.45, 7) is 11.7. The number of nitrogens with zero attached hydrogens (tertiary/aromatic N) is 1. The van der Waals surface area contributed by atoms with Crippen LogP contribution in [0, 0.1) is 0 Å². The van der Waals surface area contributed by atoms with Gasteiger partial charge in [-0.3, -0.25) is 0 Å². The fourth-order valence-electron chi connectivity index (χ4n) is 2.58. The normalized spacial score (nSPS) is 32.9. The molecule has 2 heterocycles. The Hall–Kier alpha value is -0.700. The molecule has 2 aliphatic rings. The van der Waals surface area contributed by atoms with Crippen molar-refractivity contribution in [2.45, 2.75) is 44.8 Å². The second kappa shape index (κ2) is 4.05. The fourth-order valence-corrected chi connectivity index (χ4v) is 2.58. The number of nitrogens with one attached hydrogen (secondary N) is 1. The highest BCUT2D eigenvalue weighted by Crippen LogP contribution is 2.31. The molecule has 0 saturated carbocycles. The lowest BCUT2D eigenvalue weighted by Gasteiger charge is -2.27. The number of hydrogen-bond acceptors (Lipinski definition) is 3. The quantitative estimate of drug-likeness (QED) is 0.713. The summed E-state index contributed by atoms with van der Waals surface area (Å²) in [6, 6.07) is 0.651. The molecular weight excluding hydrogens is 188 g/mol. The van der Waals surface area contributed by atoms with Gasteiger partial charge in [-0.1, -0.05) is 0 Å². The molecule has 0 amide bonds. The van der Waals surface area contributed by atoms with E-state index >= 15 is 0 Å². The van der Waals surface area contributed by atoms with Crippen molar-refractivity contribution in [3.63, 3.8) is 0 Å². The Morgan fingerprint density at radius 2 is 2.20 bits per heavy atom. The van der Waals surface area contributed by atoms with Crippen LogP contribution in [0.25, 0.3) is 0 Å². The van der Waals surface area contributed by atoms with Crippen molar-refractivity contribution in [2.24, 2.45) is 0 Å². The van der Waals surface area contributed by atoms with E-state index in [1.807, 2.05) is 0 Å². The third-order valence-electron chi connectivity index (χ3n) is 3.61. The van der Waals surface area contributed by atoms with Crippen LogP contribution in [0.1, 0.15) is 33.1 Å².